The summed E-state index contributed by atoms with van der Waals surface area (Å²) in [6.45, 7) is 6.39. The topological polar surface area (TPSA) is 56.1 Å². The van der Waals surface area contributed by atoms with Crippen LogP contribution < -0.4 is 5.32 Å². The van der Waals surface area contributed by atoms with Crippen molar-refractivity contribution < 1.29 is 9.53 Å². The fraction of sp³-hybridized carbons (Fsp3) is 0.667. The molecule has 0 aliphatic rings. The Morgan fingerprint density at radius 1 is 1.67 bits per heavy atom. The molecular weight excluding hydrogens is 254 g/mol. The smallest absolute Gasteiger partial charge is 0.224 e. The van der Waals surface area contributed by atoms with Crippen LogP contribution in [0.1, 0.15) is 20.3 Å². The van der Waals surface area contributed by atoms with Gasteiger partial charge >= 0.3 is 0 Å². The number of nitrogens with one attached hydrogen (secondary N) is 1. The van der Waals surface area contributed by atoms with Crippen LogP contribution in [0.25, 0.3) is 0 Å². The third kappa shape index (κ3) is 5.51. The highest BCUT2D eigenvalue weighted by Gasteiger charge is 2.13. The highest BCUT2D eigenvalue weighted by atomic mass is 35.5. The van der Waals surface area contributed by atoms with Gasteiger partial charge in [0.15, 0.2) is 0 Å². The summed E-state index contributed by atoms with van der Waals surface area (Å²) in [5, 5.41) is 7.50. The van der Waals surface area contributed by atoms with Gasteiger partial charge in [0.25, 0.3) is 0 Å². The Kier molecular flexibility index (Phi) is 6.75. The van der Waals surface area contributed by atoms with Crippen LogP contribution in [-0.2, 0) is 16.1 Å². The Balaban J connectivity index is 2.20. The minimum absolute atomic E-state index is 0.0260. The molecule has 0 aliphatic carbocycles. The van der Waals surface area contributed by atoms with Gasteiger partial charge in [0, 0.05) is 26.0 Å². The highest BCUT2D eigenvalue weighted by molar-refractivity contribution is 6.30. The van der Waals surface area contributed by atoms with Gasteiger partial charge in [-0.15, -0.1) is 0 Å². The van der Waals surface area contributed by atoms with Gasteiger partial charge in [0.1, 0.15) is 0 Å². The number of hydrogen-bond acceptors (Lipinski definition) is 3. The molecule has 0 saturated carbocycles. The van der Waals surface area contributed by atoms with Gasteiger partial charge < -0.3 is 10.1 Å². The van der Waals surface area contributed by atoms with Crippen molar-refractivity contribution >= 4 is 17.5 Å². The minimum Gasteiger partial charge on any atom is -0.382 e. The van der Waals surface area contributed by atoms with E-state index in [4.69, 9.17) is 16.3 Å². The standard InChI is InChI=1S/C12H20ClN3O2/c1-3-18-6-4-5-14-12(17)10(2)8-16-9-11(13)7-15-16/h7,9-10H,3-6,8H2,1-2H3,(H,14,17)/t10-/m0/s1. The first kappa shape index (κ1) is 15.0. The van der Waals surface area contributed by atoms with Crippen molar-refractivity contribution in [2.45, 2.75) is 26.8 Å². The molecule has 0 saturated heterocycles. The lowest BCUT2D eigenvalue weighted by molar-refractivity contribution is -0.125. The maximum Gasteiger partial charge on any atom is 0.224 e. The summed E-state index contributed by atoms with van der Waals surface area (Å²) in [7, 11) is 0. The van der Waals surface area contributed by atoms with Crippen molar-refractivity contribution in [3.05, 3.63) is 17.4 Å². The monoisotopic (exact) mass is 273 g/mol. The van der Waals surface area contributed by atoms with E-state index in [0.29, 0.717) is 31.3 Å². The molecule has 6 heteroatoms. The summed E-state index contributed by atoms with van der Waals surface area (Å²) >= 11 is 5.76. The molecule has 0 aliphatic heterocycles. The van der Waals surface area contributed by atoms with Gasteiger partial charge in [-0.25, -0.2) is 0 Å². The lowest BCUT2D eigenvalue weighted by atomic mass is 10.1. The molecule has 0 spiro atoms. The van der Waals surface area contributed by atoms with Gasteiger partial charge in [-0.2, -0.15) is 5.10 Å². The second-order valence-corrected chi connectivity index (χ2v) is 4.56. The molecule has 1 heterocycles. The van der Waals surface area contributed by atoms with Crippen molar-refractivity contribution in [2.75, 3.05) is 19.8 Å². The van der Waals surface area contributed by atoms with Crippen LogP contribution in [0.2, 0.25) is 5.02 Å². The van der Waals surface area contributed by atoms with E-state index in [0.717, 1.165) is 6.42 Å². The molecule has 18 heavy (non-hydrogen) atoms. The highest BCUT2D eigenvalue weighted by Crippen LogP contribution is 2.07. The van der Waals surface area contributed by atoms with Gasteiger partial charge in [0.05, 0.1) is 23.7 Å². The van der Waals surface area contributed by atoms with E-state index in [9.17, 15) is 4.79 Å². The Labute approximate surface area is 112 Å². The predicted octanol–water partition coefficient (Wildman–Crippen LogP) is 1.72. The molecule has 102 valence electrons. The van der Waals surface area contributed by atoms with E-state index in [1.807, 2.05) is 13.8 Å². The predicted molar refractivity (Wildman–Crippen MR) is 70.5 cm³/mol. The van der Waals surface area contributed by atoms with Crippen LogP contribution in [0.5, 0.6) is 0 Å². The van der Waals surface area contributed by atoms with Crippen LogP contribution in [0.4, 0.5) is 0 Å². The van der Waals surface area contributed by atoms with E-state index in [-0.39, 0.29) is 11.8 Å². The van der Waals surface area contributed by atoms with Gasteiger partial charge in [0.2, 0.25) is 5.91 Å². The van der Waals surface area contributed by atoms with Crippen LogP contribution in [-0.4, -0.2) is 35.4 Å². The summed E-state index contributed by atoms with van der Waals surface area (Å²) in [5.74, 6) is -0.105. The Morgan fingerprint density at radius 2 is 2.44 bits per heavy atom. The third-order valence-corrected chi connectivity index (χ3v) is 2.67. The average molecular weight is 274 g/mol. The Bertz CT molecular complexity index is 368. The fourth-order valence-electron chi connectivity index (χ4n) is 1.51. The van der Waals surface area contributed by atoms with Crippen molar-refractivity contribution in [3.8, 4) is 0 Å². The number of rotatable bonds is 8. The quantitative estimate of drug-likeness (QED) is 0.734. The van der Waals surface area contributed by atoms with Crippen LogP contribution >= 0.6 is 11.6 Å². The van der Waals surface area contributed by atoms with E-state index >= 15 is 0 Å². The molecule has 1 aromatic rings. The number of carbonyl (C=O) groups excluding carboxylic acids is 1. The fourth-order valence-corrected chi connectivity index (χ4v) is 1.66. The van der Waals surface area contributed by atoms with Crippen molar-refractivity contribution in [3.63, 3.8) is 0 Å². The summed E-state index contributed by atoms with van der Waals surface area (Å²) < 4.78 is 6.87. The zero-order valence-electron chi connectivity index (χ0n) is 10.9. The third-order valence-electron chi connectivity index (χ3n) is 2.48. The molecule has 1 aromatic heterocycles. The SMILES string of the molecule is CCOCCCNC(=O)[C@@H](C)Cn1cc(Cl)cn1. The van der Waals surface area contributed by atoms with Crippen LogP contribution in [0.3, 0.4) is 0 Å². The molecule has 0 fully saturated rings. The van der Waals surface area contributed by atoms with Crippen LogP contribution in [0, 0.1) is 5.92 Å². The van der Waals surface area contributed by atoms with E-state index in [2.05, 4.69) is 10.4 Å². The Hall–Kier alpha value is -1.07. The molecule has 0 aromatic carbocycles. The minimum atomic E-state index is -0.131. The molecule has 0 radical (unpaired) electrons. The summed E-state index contributed by atoms with van der Waals surface area (Å²) in [6.07, 6.45) is 4.11. The maximum atomic E-state index is 11.8. The largest absolute Gasteiger partial charge is 0.382 e. The number of nitrogens with zero attached hydrogens (tertiary/aromatic N) is 2. The van der Waals surface area contributed by atoms with Gasteiger partial charge in [-0.3, -0.25) is 9.48 Å². The number of hydrogen-bond donors (Lipinski definition) is 1. The van der Waals surface area contributed by atoms with E-state index in [1.54, 1.807) is 17.1 Å². The molecule has 1 atom stereocenters. The zero-order valence-corrected chi connectivity index (χ0v) is 11.6. The first-order chi connectivity index (χ1) is 8.63. The number of aromatic nitrogens is 2. The molecule has 1 rings (SSSR count). The van der Waals surface area contributed by atoms with Crippen LogP contribution in [0.15, 0.2) is 12.4 Å². The van der Waals surface area contributed by atoms with E-state index in [1.165, 1.54) is 0 Å². The van der Waals surface area contributed by atoms with E-state index < -0.39 is 0 Å². The number of amides is 1. The first-order valence-corrected chi connectivity index (χ1v) is 6.54. The maximum absolute atomic E-state index is 11.8. The normalized spacial score (nSPS) is 12.4. The lowest BCUT2D eigenvalue weighted by Crippen LogP contribution is -2.32. The second kappa shape index (κ2) is 8.11. The molecule has 5 nitrogen and oxygen atoms in total. The summed E-state index contributed by atoms with van der Waals surface area (Å²) in [6, 6.07) is 0. The number of halogens is 1. The molecular formula is C12H20ClN3O2. The van der Waals surface area contributed by atoms with Crippen molar-refractivity contribution in [2.24, 2.45) is 5.92 Å². The first-order valence-electron chi connectivity index (χ1n) is 6.17. The lowest BCUT2D eigenvalue weighted by Gasteiger charge is -2.12. The Morgan fingerprint density at radius 3 is 3.06 bits per heavy atom. The second-order valence-electron chi connectivity index (χ2n) is 4.12. The van der Waals surface area contributed by atoms with Crippen molar-refractivity contribution in [1.82, 2.24) is 15.1 Å². The van der Waals surface area contributed by atoms with Gasteiger partial charge in [-0.05, 0) is 13.3 Å². The zero-order chi connectivity index (χ0) is 13.4. The number of ether oxygens (including phenoxy) is 1. The summed E-state index contributed by atoms with van der Waals surface area (Å²) in [4.78, 5) is 11.8. The molecule has 1 N–H and O–H groups in total. The summed E-state index contributed by atoms with van der Waals surface area (Å²) in [5.41, 5.74) is 0. The molecule has 0 bridgehead atoms. The van der Waals surface area contributed by atoms with Gasteiger partial charge in [-0.1, -0.05) is 18.5 Å². The van der Waals surface area contributed by atoms with Crippen molar-refractivity contribution in [1.29, 1.82) is 0 Å². The number of carbonyl (C=O) groups is 1. The molecule has 1 amide bonds. The average Bonchev–Trinajstić information content (AvgIpc) is 2.74. The molecule has 0 unspecified atom stereocenters.